The van der Waals surface area contributed by atoms with Gasteiger partial charge in [0.05, 0.1) is 0 Å². The number of likely N-dealkylation sites (N-methyl/N-ethyl adjacent to an activating group) is 1. The van der Waals surface area contributed by atoms with Gasteiger partial charge in [-0.05, 0) is 11.6 Å². The van der Waals surface area contributed by atoms with Crippen molar-refractivity contribution >= 4 is 5.91 Å². The predicted octanol–water partition coefficient (Wildman–Crippen LogP) is 2.08. The number of carbonyl (C=O) groups is 1. The normalized spacial score (nSPS) is 11.9. The lowest BCUT2D eigenvalue weighted by Gasteiger charge is -2.21. The first-order chi connectivity index (χ1) is 9.59. The van der Waals surface area contributed by atoms with Crippen LogP contribution in [0.25, 0.3) is 0 Å². The van der Waals surface area contributed by atoms with Gasteiger partial charge in [-0.15, -0.1) is 0 Å². The summed E-state index contributed by atoms with van der Waals surface area (Å²) in [4.78, 5) is 13.5. The summed E-state index contributed by atoms with van der Waals surface area (Å²) in [5.41, 5.74) is 1.20. The number of hydrogen-bond donors (Lipinski definition) is 2. The zero-order chi connectivity index (χ0) is 14.5. The maximum absolute atomic E-state index is 12.2. The number of amides is 1. The van der Waals surface area contributed by atoms with Gasteiger partial charge in [-0.1, -0.05) is 48.5 Å². The molecule has 1 amide bonds. The Morgan fingerprint density at radius 1 is 1.10 bits per heavy atom. The van der Waals surface area contributed by atoms with Crippen molar-refractivity contribution in [3.63, 3.8) is 0 Å². The topological polar surface area (TPSA) is 60.8 Å². The molecule has 0 radical (unpaired) electrons. The Morgan fingerprint density at radius 2 is 1.70 bits per heavy atom. The monoisotopic (exact) mass is 271 g/mol. The van der Waals surface area contributed by atoms with Gasteiger partial charge >= 0.3 is 0 Å². The second-order valence-electron chi connectivity index (χ2n) is 4.64. The Labute approximate surface area is 117 Å². The van der Waals surface area contributed by atoms with Crippen LogP contribution in [0.1, 0.15) is 17.2 Å². The van der Waals surface area contributed by atoms with E-state index >= 15 is 0 Å². The van der Waals surface area contributed by atoms with E-state index in [-0.39, 0.29) is 12.3 Å². The van der Waals surface area contributed by atoms with Gasteiger partial charge in [0.2, 0.25) is 0 Å². The van der Waals surface area contributed by atoms with E-state index in [1.54, 1.807) is 55.6 Å². The van der Waals surface area contributed by atoms with Crippen molar-refractivity contribution in [2.45, 2.75) is 12.6 Å². The van der Waals surface area contributed by atoms with Crippen LogP contribution in [-0.4, -0.2) is 28.1 Å². The number of rotatable bonds is 4. The van der Waals surface area contributed by atoms with Crippen LogP contribution < -0.4 is 0 Å². The first-order valence-electron chi connectivity index (χ1n) is 6.34. The van der Waals surface area contributed by atoms with Crippen LogP contribution >= 0.6 is 0 Å². The predicted molar refractivity (Wildman–Crippen MR) is 76.0 cm³/mol. The number of aliphatic hydroxyl groups is 1. The van der Waals surface area contributed by atoms with Crippen LogP contribution in [0, 0.1) is 0 Å². The van der Waals surface area contributed by atoms with E-state index in [1.807, 2.05) is 6.07 Å². The van der Waals surface area contributed by atoms with Crippen molar-refractivity contribution in [3.8, 4) is 5.75 Å². The number of phenols is 1. The number of benzene rings is 2. The summed E-state index contributed by atoms with van der Waals surface area (Å²) >= 11 is 0. The zero-order valence-corrected chi connectivity index (χ0v) is 11.2. The summed E-state index contributed by atoms with van der Waals surface area (Å²) < 4.78 is 0. The molecule has 0 aliphatic rings. The molecule has 20 heavy (non-hydrogen) atoms. The van der Waals surface area contributed by atoms with Crippen molar-refractivity contribution in [1.29, 1.82) is 0 Å². The molecule has 1 atom stereocenters. The summed E-state index contributed by atoms with van der Waals surface area (Å²) in [6.45, 7) is 0.245. The molecule has 2 aromatic carbocycles. The summed E-state index contributed by atoms with van der Waals surface area (Å²) in [5, 5.41) is 19.7. The fraction of sp³-hybridized carbons (Fsp3) is 0.188. The number of hydrogen-bond acceptors (Lipinski definition) is 3. The van der Waals surface area contributed by atoms with Gasteiger partial charge in [-0.2, -0.15) is 0 Å². The number of aromatic hydroxyl groups is 1. The van der Waals surface area contributed by atoms with Gasteiger partial charge in [-0.25, -0.2) is 0 Å². The van der Waals surface area contributed by atoms with Crippen LogP contribution in [0.2, 0.25) is 0 Å². The highest BCUT2D eigenvalue weighted by Crippen LogP contribution is 2.20. The third-order valence-corrected chi connectivity index (χ3v) is 3.12. The van der Waals surface area contributed by atoms with E-state index in [2.05, 4.69) is 0 Å². The Balaban J connectivity index is 2.08. The Morgan fingerprint density at radius 3 is 2.35 bits per heavy atom. The molecule has 4 heteroatoms. The minimum absolute atomic E-state index is 0.140. The highest BCUT2D eigenvalue weighted by Gasteiger charge is 2.21. The van der Waals surface area contributed by atoms with E-state index in [9.17, 15) is 15.0 Å². The van der Waals surface area contributed by atoms with E-state index in [0.29, 0.717) is 11.1 Å². The maximum atomic E-state index is 12.2. The van der Waals surface area contributed by atoms with Gasteiger partial charge < -0.3 is 15.1 Å². The number of nitrogens with zero attached hydrogens (tertiary/aromatic N) is 1. The molecule has 0 bridgehead atoms. The Hall–Kier alpha value is -2.33. The number of carbonyl (C=O) groups excluding carboxylic acids is 1. The quantitative estimate of drug-likeness (QED) is 0.895. The maximum Gasteiger partial charge on any atom is 0.256 e. The summed E-state index contributed by atoms with van der Waals surface area (Å²) in [6.07, 6.45) is -1.19. The van der Waals surface area contributed by atoms with Crippen molar-refractivity contribution in [2.75, 3.05) is 7.05 Å². The SMILES string of the molecule is CN(Cc1ccccc1O)C(=O)C(O)c1ccccc1. The summed E-state index contributed by atoms with van der Waals surface area (Å²) in [6, 6.07) is 15.6. The highest BCUT2D eigenvalue weighted by atomic mass is 16.3. The largest absolute Gasteiger partial charge is 0.508 e. The molecule has 2 rings (SSSR count). The molecule has 4 nitrogen and oxygen atoms in total. The average molecular weight is 271 g/mol. The van der Waals surface area contributed by atoms with Crippen LogP contribution in [0.15, 0.2) is 54.6 Å². The lowest BCUT2D eigenvalue weighted by atomic mass is 10.1. The van der Waals surface area contributed by atoms with E-state index < -0.39 is 12.0 Å². The summed E-state index contributed by atoms with van der Waals surface area (Å²) in [5.74, 6) is -0.263. The van der Waals surface area contributed by atoms with Crippen molar-refractivity contribution < 1.29 is 15.0 Å². The third kappa shape index (κ3) is 3.16. The van der Waals surface area contributed by atoms with Crippen LogP contribution in [-0.2, 0) is 11.3 Å². The van der Waals surface area contributed by atoms with Gasteiger partial charge in [0.25, 0.3) is 5.91 Å². The lowest BCUT2D eigenvalue weighted by Crippen LogP contribution is -2.31. The van der Waals surface area contributed by atoms with Crippen molar-refractivity contribution in [1.82, 2.24) is 4.90 Å². The molecular weight excluding hydrogens is 254 g/mol. The van der Waals surface area contributed by atoms with Crippen LogP contribution in [0.5, 0.6) is 5.75 Å². The second kappa shape index (κ2) is 6.21. The molecule has 0 aliphatic heterocycles. The first-order valence-corrected chi connectivity index (χ1v) is 6.34. The molecule has 0 spiro atoms. The minimum atomic E-state index is -1.19. The molecule has 0 fully saturated rings. The standard InChI is InChI=1S/C16H17NO3/c1-17(11-13-9-5-6-10-14(13)18)16(20)15(19)12-7-3-2-4-8-12/h2-10,15,18-19H,11H2,1H3. The van der Waals surface area contributed by atoms with Crippen LogP contribution in [0.4, 0.5) is 0 Å². The molecule has 0 aliphatic carbocycles. The van der Waals surface area contributed by atoms with E-state index in [0.717, 1.165) is 0 Å². The number of aliphatic hydroxyl groups excluding tert-OH is 1. The fourth-order valence-electron chi connectivity index (χ4n) is 1.96. The molecule has 0 saturated heterocycles. The smallest absolute Gasteiger partial charge is 0.256 e. The fourth-order valence-corrected chi connectivity index (χ4v) is 1.96. The number of para-hydroxylation sites is 1. The van der Waals surface area contributed by atoms with Gasteiger partial charge in [0.15, 0.2) is 6.10 Å². The van der Waals surface area contributed by atoms with Gasteiger partial charge in [0.1, 0.15) is 5.75 Å². The molecule has 0 heterocycles. The highest BCUT2D eigenvalue weighted by molar-refractivity contribution is 5.81. The van der Waals surface area contributed by atoms with Crippen molar-refractivity contribution in [2.24, 2.45) is 0 Å². The average Bonchev–Trinajstić information content (AvgIpc) is 2.49. The van der Waals surface area contributed by atoms with Crippen LogP contribution in [0.3, 0.4) is 0 Å². The van der Waals surface area contributed by atoms with E-state index in [4.69, 9.17) is 0 Å². The van der Waals surface area contributed by atoms with Gasteiger partial charge in [0, 0.05) is 19.2 Å². The van der Waals surface area contributed by atoms with Gasteiger partial charge in [-0.3, -0.25) is 4.79 Å². The molecule has 104 valence electrons. The molecular formula is C16H17NO3. The molecule has 2 N–H and O–H groups in total. The molecule has 0 saturated carbocycles. The molecule has 1 unspecified atom stereocenters. The van der Waals surface area contributed by atoms with Crippen molar-refractivity contribution in [3.05, 3.63) is 65.7 Å². The Bertz CT molecular complexity index is 583. The second-order valence-corrected chi connectivity index (χ2v) is 4.64. The zero-order valence-electron chi connectivity index (χ0n) is 11.2. The molecule has 0 aromatic heterocycles. The lowest BCUT2D eigenvalue weighted by molar-refractivity contribution is -0.139. The summed E-state index contributed by atoms with van der Waals surface area (Å²) in [7, 11) is 1.60. The Kier molecular flexibility index (Phi) is 4.38. The minimum Gasteiger partial charge on any atom is -0.508 e. The van der Waals surface area contributed by atoms with E-state index in [1.165, 1.54) is 4.90 Å². The number of phenolic OH excluding ortho intramolecular Hbond substituents is 1. The first kappa shape index (κ1) is 14.1. The molecule has 2 aromatic rings. The third-order valence-electron chi connectivity index (χ3n) is 3.12.